The number of hydrogen-bond acceptors (Lipinski definition) is 6. The van der Waals surface area contributed by atoms with E-state index in [2.05, 4.69) is 5.32 Å². The largest absolute Gasteiger partial charge is 0.493 e. The SMILES string of the molecule is COCCCNC(=O)[C@@H]1CN(C(=O)Cc2ccccc2)C[C@@H]1c1cc(OC)c(OC)c(OC)c1. The van der Waals surface area contributed by atoms with Crippen LogP contribution in [0.5, 0.6) is 17.2 Å². The van der Waals surface area contributed by atoms with Crippen molar-refractivity contribution in [3.8, 4) is 17.2 Å². The zero-order valence-corrected chi connectivity index (χ0v) is 20.3. The zero-order chi connectivity index (χ0) is 24.5. The Kier molecular flexibility index (Phi) is 9.16. The molecule has 0 bridgehead atoms. The number of likely N-dealkylation sites (tertiary alicyclic amines) is 1. The summed E-state index contributed by atoms with van der Waals surface area (Å²) in [5.74, 6) is 0.837. The van der Waals surface area contributed by atoms with Crippen LogP contribution in [-0.2, 0) is 20.7 Å². The normalized spacial score (nSPS) is 17.4. The van der Waals surface area contributed by atoms with Crippen molar-refractivity contribution in [3.63, 3.8) is 0 Å². The summed E-state index contributed by atoms with van der Waals surface area (Å²) in [4.78, 5) is 28.1. The van der Waals surface area contributed by atoms with Crippen molar-refractivity contribution in [2.24, 2.45) is 5.92 Å². The molecule has 8 nitrogen and oxygen atoms in total. The first-order chi connectivity index (χ1) is 16.5. The van der Waals surface area contributed by atoms with Gasteiger partial charge in [0, 0.05) is 39.3 Å². The van der Waals surface area contributed by atoms with Gasteiger partial charge >= 0.3 is 0 Å². The molecule has 2 amide bonds. The summed E-state index contributed by atoms with van der Waals surface area (Å²) in [5.41, 5.74) is 1.81. The summed E-state index contributed by atoms with van der Waals surface area (Å²) >= 11 is 0. The maximum absolute atomic E-state index is 13.2. The lowest BCUT2D eigenvalue weighted by atomic mass is 9.88. The van der Waals surface area contributed by atoms with Gasteiger partial charge in [-0.2, -0.15) is 0 Å². The molecular weight excluding hydrogens is 436 g/mol. The zero-order valence-electron chi connectivity index (χ0n) is 20.3. The summed E-state index contributed by atoms with van der Waals surface area (Å²) in [7, 11) is 6.31. The number of benzene rings is 2. The number of nitrogens with one attached hydrogen (secondary N) is 1. The molecule has 1 heterocycles. The number of carbonyl (C=O) groups excluding carboxylic acids is 2. The molecule has 184 valence electrons. The van der Waals surface area contributed by atoms with Crippen molar-refractivity contribution in [1.29, 1.82) is 0 Å². The minimum atomic E-state index is -0.398. The van der Waals surface area contributed by atoms with Gasteiger partial charge in [0.2, 0.25) is 17.6 Å². The van der Waals surface area contributed by atoms with Gasteiger partial charge in [0.15, 0.2) is 11.5 Å². The van der Waals surface area contributed by atoms with Crippen LogP contribution in [0.1, 0.15) is 23.5 Å². The second-order valence-electron chi connectivity index (χ2n) is 8.27. The molecule has 1 saturated heterocycles. The Hall–Kier alpha value is -3.26. The van der Waals surface area contributed by atoms with E-state index in [-0.39, 0.29) is 17.7 Å². The highest BCUT2D eigenvalue weighted by atomic mass is 16.5. The molecule has 0 unspecified atom stereocenters. The predicted molar refractivity (Wildman–Crippen MR) is 129 cm³/mol. The van der Waals surface area contributed by atoms with E-state index in [1.165, 1.54) is 0 Å². The summed E-state index contributed by atoms with van der Waals surface area (Å²) in [5, 5.41) is 3.00. The standard InChI is InChI=1S/C26H34N2O6/c1-31-12-8-11-27-26(30)21-17-28(24(29)13-18-9-6-5-7-10-18)16-20(21)19-14-22(32-2)25(34-4)23(15-19)33-3/h5-7,9-10,14-15,20-21H,8,11-13,16-17H2,1-4H3,(H,27,30)/t20-,21-/m1/s1. The molecule has 0 saturated carbocycles. The molecule has 2 aromatic rings. The molecule has 2 aromatic carbocycles. The van der Waals surface area contributed by atoms with E-state index >= 15 is 0 Å². The number of nitrogens with zero attached hydrogens (tertiary/aromatic N) is 1. The van der Waals surface area contributed by atoms with E-state index < -0.39 is 5.92 Å². The van der Waals surface area contributed by atoms with Crippen molar-refractivity contribution < 1.29 is 28.5 Å². The lowest BCUT2D eigenvalue weighted by molar-refractivity contribution is -0.130. The molecule has 0 aliphatic carbocycles. The van der Waals surface area contributed by atoms with Crippen LogP contribution < -0.4 is 19.5 Å². The minimum absolute atomic E-state index is 0.00155. The highest BCUT2D eigenvalue weighted by molar-refractivity contribution is 5.84. The van der Waals surface area contributed by atoms with Crippen LogP contribution in [0.15, 0.2) is 42.5 Å². The average molecular weight is 471 g/mol. The highest BCUT2D eigenvalue weighted by Gasteiger charge is 2.41. The summed E-state index contributed by atoms with van der Waals surface area (Å²) < 4.78 is 21.6. The van der Waals surface area contributed by atoms with Gasteiger partial charge in [-0.05, 0) is 29.7 Å². The minimum Gasteiger partial charge on any atom is -0.493 e. The third-order valence-corrected chi connectivity index (χ3v) is 6.15. The van der Waals surface area contributed by atoms with Gasteiger partial charge in [0.1, 0.15) is 0 Å². The predicted octanol–water partition coefficient (Wildman–Crippen LogP) is 2.65. The smallest absolute Gasteiger partial charge is 0.227 e. The molecule has 2 atom stereocenters. The van der Waals surface area contributed by atoms with E-state index in [0.29, 0.717) is 49.9 Å². The lowest BCUT2D eigenvalue weighted by Crippen LogP contribution is -2.36. The molecule has 1 aliphatic rings. The van der Waals surface area contributed by atoms with E-state index in [1.54, 1.807) is 33.3 Å². The van der Waals surface area contributed by atoms with Gasteiger partial charge in [-0.1, -0.05) is 30.3 Å². The van der Waals surface area contributed by atoms with E-state index in [9.17, 15) is 9.59 Å². The van der Waals surface area contributed by atoms with Gasteiger partial charge in [0.05, 0.1) is 33.7 Å². The summed E-state index contributed by atoms with van der Waals surface area (Å²) in [6.07, 6.45) is 1.02. The Morgan fingerprint density at radius 2 is 1.65 bits per heavy atom. The summed E-state index contributed by atoms with van der Waals surface area (Å²) in [6.45, 7) is 1.87. The van der Waals surface area contributed by atoms with Crippen LogP contribution in [0.2, 0.25) is 0 Å². The van der Waals surface area contributed by atoms with Crippen LogP contribution in [0.3, 0.4) is 0 Å². The molecule has 3 rings (SSSR count). The number of amides is 2. The first-order valence-electron chi connectivity index (χ1n) is 11.4. The molecular formula is C26H34N2O6. The van der Waals surface area contributed by atoms with Crippen molar-refractivity contribution >= 4 is 11.8 Å². The number of rotatable bonds is 11. The molecule has 0 aromatic heterocycles. The van der Waals surface area contributed by atoms with Crippen LogP contribution in [0.4, 0.5) is 0 Å². The number of carbonyl (C=O) groups is 2. The monoisotopic (exact) mass is 470 g/mol. The van der Waals surface area contributed by atoms with Gasteiger partial charge < -0.3 is 29.2 Å². The fourth-order valence-electron chi connectivity index (χ4n) is 4.37. The Labute approximate surface area is 201 Å². The fourth-order valence-corrected chi connectivity index (χ4v) is 4.37. The highest BCUT2D eigenvalue weighted by Crippen LogP contribution is 2.43. The number of methoxy groups -OCH3 is 4. The quantitative estimate of drug-likeness (QED) is 0.508. The van der Waals surface area contributed by atoms with Crippen molar-refractivity contribution in [3.05, 3.63) is 53.6 Å². The van der Waals surface area contributed by atoms with Crippen molar-refractivity contribution in [2.75, 3.05) is 54.7 Å². The number of hydrogen-bond donors (Lipinski definition) is 1. The van der Waals surface area contributed by atoms with Crippen molar-refractivity contribution in [2.45, 2.75) is 18.8 Å². The van der Waals surface area contributed by atoms with Crippen molar-refractivity contribution in [1.82, 2.24) is 10.2 Å². The first kappa shape index (κ1) is 25.4. The lowest BCUT2D eigenvalue weighted by Gasteiger charge is -2.21. The Bertz CT molecular complexity index is 940. The van der Waals surface area contributed by atoms with Gasteiger partial charge in [0.25, 0.3) is 0 Å². The maximum atomic E-state index is 13.2. The Balaban J connectivity index is 1.86. The maximum Gasteiger partial charge on any atom is 0.227 e. The molecule has 34 heavy (non-hydrogen) atoms. The van der Waals surface area contributed by atoms with Gasteiger partial charge in [-0.15, -0.1) is 0 Å². The van der Waals surface area contributed by atoms with Gasteiger partial charge in [-0.25, -0.2) is 0 Å². The second kappa shape index (κ2) is 12.3. The first-order valence-corrected chi connectivity index (χ1v) is 11.4. The third-order valence-electron chi connectivity index (χ3n) is 6.15. The molecule has 1 fully saturated rings. The number of ether oxygens (including phenoxy) is 4. The molecule has 1 aliphatic heterocycles. The topological polar surface area (TPSA) is 86.3 Å². The summed E-state index contributed by atoms with van der Waals surface area (Å²) in [6, 6.07) is 13.4. The van der Waals surface area contributed by atoms with Crippen LogP contribution in [0.25, 0.3) is 0 Å². The van der Waals surface area contributed by atoms with Crippen LogP contribution in [0, 0.1) is 5.92 Å². The second-order valence-corrected chi connectivity index (χ2v) is 8.27. The third kappa shape index (κ3) is 5.99. The van der Waals surface area contributed by atoms with Crippen LogP contribution in [-0.4, -0.2) is 71.4 Å². The van der Waals surface area contributed by atoms with Gasteiger partial charge in [-0.3, -0.25) is 9.59 Å². The molecule has 8 heteroatoms. The van der Waals surface area contributed by atoms with E-state index in [4.69, 9.17) is 18.9 Å². The Morgan fingerprint density at radius 3 is 2.24 bits per heavy atom. The fraction of sp³-hybridized carbons (Fsp3) is 0.462. The van der Waals surface area contributed by atoms with E-state index in [0.717, 1.165) is 17.5 Å². The molecule has 0 radical (unpaired) electrons. The molecule has 1 N–H and O–H groups in total. The van der Waals surface area contributed by atoms with E-state index in [1.807, 2.05) is 42.5 Å². The van der Waals surface area contributed by atoms with Crippen LogP contribution >= 0.6 is 0 Å². The average Bonchev–Trinajstić information content (AvgIpc) is 3.32. The molecule has 0 spiro atoms. The Morgan fingerprint density at radius 1 is 0.971 bits per heavy atom.